The van der Waals surface area contributed by atoms with E-state index in [4.69, 9.17) is 27.6 Å². The van der Waals surface area contributed by atoms with E-state index in [-0.39, 0.29) is 6.04 Å². The minimum Gasteiger partial charge on any atom is -0.464 e. The molecule has 0 saturated carbocycles. The quantitative estimate of drug-likeness (QED) is 0.853. The van der Waals surface area contributed by atoms with E-state index >= 15 is 0 Å². The molecule has 1 atom stereocenters. The van der Waals surface area contributed by atoms with Gasteiger partial charge in [-0.1, -0.05) is 43.1 Å². The van der Waals surface area contributed by atoms with Crippen molar-refractivity contribution in [2.45, 2.75) is 26.3 Å². The zero-order chi connectivity index (χ0) is 13.8. The molecule has 1 N–H and O–H groups in total. The third kappa shape index (κ3) is 3.33. The van der Waals surface area contributed by atoms with E-state index in [0.717, 1.165) is 30.0 Å². The largest absolute Gasteiger partial charge is 0.464 e. The van der Waals surface area contributed by atoms with Gasteiger partial charge < -0.3 is 9.73 Å². The number of benzene rings is 1. The summed E-state index contributed by atoms with van der Waals surface area (Å²) < 4.78 is 5.83. The summed E-state index contributed by atoms with van der Waals surface area (Å²) in [5.41, 5.74) is 0.977. The van der Waals surface area contributed by atoms with Crippen LogP contribution in [0.15, 0.2) is 34.7 Å². The molecule has 0 aliphatic rings. The van der Waals surface area contributed by atoms with E-state index in [0.29, 0.717) is 10.0 Å². The zero-order valence-electron chi connectivity index (χ0n) is 11.0. The first-order valence-corrected chi connectivity index (χ1v) is 7.18. The molecule has 102 valence electrons. The third-order valence-electron chi connectivity index (χ3n) is 3.00. The molecule has 0 spiro atoms. The van der Waals surface area contributed by atoms with Gasteiger partial charge in [0.25, 0.3) is 0 Å². The highest BCUT2D eigenvalue weighted by Gasteiger charge is 2.19. The Morgan fingerprint density at radius 2 is 1.95 bits per heavy atom. The first-order valence-electron chi connectivity index (χ1n) is 6.42. The molecule has 0 fully saturated rings. The molecule has 0 saturated heterocycles. The summed E-state index contributed by atoms with van der Waals surface area (Å²) in [5, 5.41) is 4.67. The number of aryl methyl sites for hydroxylation is 1. The van der Waals surface area contributed by atoms with Crippen molar-refractivity contribution in [3.63, 3.8) is 0 Å². The molecule has 0 aliphatic heterocycles. The van der Waals surface area contributed by atoms with E-state index in [1.54, 1.807) is 6.07 Å². The summed E-state index contributed by atoms with van der Waals surface area (Å²) in [6, 6.07) is 9.49. The molecule has 1 aromatic heterocycles. The van der Waals surface area contributed by atoms with Gasteiger partial charge in [-0.15, -0.1) is 0 Å². The Balaban J connectivity index is 2.38. The Morgan fingerprint density at radius 1 is 1.16 bits per heavy atom. The zero-order valence-corrected chi connectivity index (χ0v) is 12.6. The van der Waals surface area contributed by atoms with Crippen molar-refractivity contribution < 1.29 is 4.42 Å². The lowest BCUT2D eigenvalue weighted by Crippen LogP contribution is -2.21. The standard InChI is InChI=1S/C15H17Cl2NO/c1-3-11-6-8-14(19-11)15(18-4-2)12-7-5-10(16)9-13(12)17/h5-9,15,18H,3-4H2,1-2H3. The maximum absolute atomic E-state index is 6.28. The molecule has 2 rings (SSSR count). The van der Waals surface area contributed by atoms with Gasteiger partial charge in [-0.05, 0) is 36.4 Å². The molecule has 1 heterocycles. The summed E-state index contributed by atoms with van der Waals surface area (Å²) >= 11 is 12.2. The van der Waals surface area contributed by atoms with Crippen molar-refractivity contribution >= 4 is 23.2 Å². The molecule has 2 aromatic rings. The highest BCUT2D eigenvalue weighted by Crippen LogP contribution is 2.31. The van der Waals surface area contributed by atoms with Crippen LogP contribution < -0.4 is 5.32 Å². The normalized spacial score (nSPS) is 12.6. The molecular formula is C15H17Cl2NO. The van der Waals surface area contributed by atoms with E-state index < -0.39 is 0 Å². The summed E-state index contributed by atoms with van der Waals surface area (Å²) in [4.78, 5) is 0. The van der Waals surface area contributed by atoms with Crippen LogP contribution in [0.25, 0.3) is 0 Å². The minimum absolute atomic E-state index is 0.0462. The molecule has 4 heteroatoms. The average molecular weight is 298 g/mol. The second-order valence-electron chi connectivity index (χ2n) is 4.31. The highest BCUT2D eigenvalue weighted by atomic mass is 35.5. The van der Waals surface area contributed by atoms with Crippen LogP contribution in [-0.4, -0.2) is 6.54 Å². The fraction of sp³-hybridized carbons (Fsp3) is 0.333. The molecule has 1 aromatic carbocycles. The van der Waals surface area contributed by atoms with E-state index in [2.05, 4.69) is 19.2 Å². The van der Waals surface area contributed by atoms with E-state index in [1.165, 1.54) is 0 Å². The van der Waals surface area contributed by atoms with Crippen LogP contribution in [0.5, 0.6) is 0 Å². The molecule has 0 radical (unpaired) electrons. The molecule has 19 heavy (non-hydrogen) atoms. The first-order chi connectivity index (χ1) is 9.15. The fourth-order valence-electron chi connectivity index (χ4n) is 2.04. The van der Waals surface area contributed by atoms with Crippen molar-refractivity contribution in [3.05, 3.63) is 57.5 Å². The average Bonchev–Trinajstić information content (AvgIpc) is 2.85. The summed E-state index contributed by atoms with van der Waals surface area (Å²) in [6.45, 7) is 4.95. The predicted octanol–water partition coefficient (Wildman–Crippen LogP) is 4.85. The smallest absolute Gasteiger partial charge is 0.125 e. The number of hydrogen-bond acceptors (Lipinski definition) is 2. The number of halogens is 2. The van der Waals surface area contributed by atoms with Crippen molar-refractivity contribution in [2.24, 2.45) is 0 Å². The van der Waals surface area contributed by atoms with E-state index in [1.807, 2.05) is 24.3 Å². The Bertz CT molecular complexity index is 551. The maximum Gasteiger partial charge on any atom is 0.125 e. The van der Waals surface area contributed by atoms with Gasteiger partial charge in [-0.25, -0.2) is 0 Å². The maximum atomic E-state index is 6.28. The van der Waals surface area contributed by atoms with Crippen molar-refractivity contribution in [1.82, 2.24) is 5.32 Å². The summed E-state index contributed by atoms with van der Waals surface area (Å²) in [5.74, 6) is 1.85. The monoisotopic (exact) mass is 297 g/mol. The Labute approximate surface area is 123 Å². The minimum atomic E-state index is -0.0462. The van der Waals surface area contributed by atoms with Gasteiger partial charge in [-0.2, -0.15) is 0 Å². The van der Waals surface area contributed by atoms with Gasteiger partial charge in [0, 0.05) is 16.5 Å². The number of hydrogen-bond donors (Lipinski definition) is 1. The van der Waals surface area contributed by atoms with Gasteiger partial charge in [0.05, 0.1) is 6.04 Å². The lowest BCUT2D eigenvalue weighted by Gasteiger charge is -2.17. The lowest BCUT2D eigenvalue weighted by molar-refractivity contribution is 0.426. The first kappa shape index (κ1) is 14.4. The van der Waals surface area contributed by atoms with Crippen molar-refractivity contribution in [3.8, 4) is 0 Å². The van der Waals surface area contributed by atoms with Gasteiger partial charge in [0.2, 0.25) is 0 Å². The lowest BCUT2D eigenvalue weighted by atomic mass is 10.0. The van der Waals surface area contributed by atoms with Crippen molar-refractivity contribution in [2.75, 3.05) is 6.54 Å². The second-order valence-corrected chi connectivity index (χ2v) is 5.16. The van der Waals surface area contributed by atoms with Crippen LogP contribution in [0, 0.1) is 0 Å². The summed E-state index contributed by atoms with van der Waals surface area (Å²) in [6.07, 6.45) is 0.882. The molecule has 0 amide bonds. The second kappa shape index (κ2) is 6.47. The van der Waals surface area contributed by atoms with Gasteiger partial charge in [-0.3, -0.25) is 0 Å². The number of rotatable bonds is 5. The molecular weight excluding hydrogens is 281 g/mol. The highest BCUT2D eigenvalue weighted by molar-refractivity contribution is 6.35. The Kier molecular flexibility index (Phi) is 4.92. The number of nitrogens with one attached hydrogen (secondary N) is 1. The van der Waals surface area contributed by atoms with Crippen LogP contribution in [0.2, 0.25) is 10.0 Å². The third-order valence-corrected chi connectivity index (χ3v) is 3.56. The van der Waals surface area contributed by atoms with Crippen LogP contribution in [-0.2, 0) is 6.42 Å². The van der Waals surface area contributed by atoms with Crippen LogP contribution in [0.4, 0.5) is 0 Å². The summed E-state index contributed by atoms with van der Waals surface area (Å²) in [7, 11) is 0. The van der Waals surface area contributed by atoms with Crippen LogP contribution in [0.1, 0.15) is 37.0 Å². The number of furan rings is 1. The van der Waals surface area contributed by atoms with Crippen LogP contribution >= 0.6 is 23.2 Å². The topological polar surface area (TPSA) is 25.2 Å². The Hall–Kier alpha value is -0.960. The van der Waals surface area contributed by atoms with E-state index in [9.17, 15) is 0 Å². The Morgan fingerprint density at radius 3 is 2.53 bits per heavy atom. The van der Waals surface area contributed by atoms with Crippen molar-refractivity contribution in [1.29, 1.82) is 0 Å². The molecule has 0 aliphatic carbocycles. The van der Waals surface area contributed by atoms with Gasteiger partial charge in [0.1, 0.15) is 11.5 Å². The van der Waals surface area contributed by atoms with Gasteiger partial charge in [0.15, 0.2) is 0 Å². The fourth-order valence-corrected chi connectivity index (χ4v) is 2.56. The SMILES string of the molecule is CCNC(c1ccc(CC)o1)c1ccc(Cl)cc1Cl. The van der Waals surface area contributed by atoms with Crippen LogP contribution in [0.3, 0.4) is 0 Å². The van der Waals surface area contributed by atoms with Gasteiger partial charge >= 0.3 is 0 Å². The predicted molar refractivity (Wildman–Crippen MR) is 80.1 cm³/mol. The molecule has 1 unspecified atom stereocenters. The molecule has 2 nitrogen and oxygen atoms in total. The molecule has 0 bridgehead atoms.